The molecule has 9 rings (SSSR count). The van der Waals surface area contributed by atoms with E-state index in [0.717, 1.165) is 37.8 Å². The van der Waals surface area contributed by atoms with E-state index in [4.69, 9.17) is 4.99 Å². The molecule has 2 aliphatic rings. The van der Waals surface area contributed by atoms with Gasteiger partial charge >= 0.3 is 0 Å². The summed E-state index contributed by atoms with van der Waals surface area (Å²) in [6.07, 6.45) is 7.71. The second-order valence-corrected chi connectivity index (χ2v) is 13.0. The van der Waals surface area contributed by atoms with Gasteiger partial charge in [0.2, 0.25) is 0 Å². The summed E-state index contributed by atoms with van der Waals surface area (Å²) < 4.78 is 2.48. The summed E-state index contributed by atoms with van der Waals surface area (Å²) in [6, 6.07) is 53.5. The topological polar surface area (TPSA) is 17.3 Å². The lowest BCUT2D eigenvalue weighted by Gasteiger charge is -2.14. The van der Waals surface area contributed by atoms with E-state index in [-0.39, 0.29) is 6.04 Å². The van der Waals surface area contributed by atoms with Crippen LogP contribution in [0.3, 0.4) is 0 Å². The van der Waals surface area contributed by atoms with Gasteiger partial charge in [-0.25, -0.2) is 0 Å². The smallest absolute Gasteiger partial charge is 0.0756 e. The second kappa shape index (κ2) is 11.7. The van der Waals surface area contributed by atoms with Crippen LogP contribution in [0, 0.1) is 0 Å². The molecule has 0 saturated carbocycles. The summed E-state index contributed by atoms with van der Waals surface area (Å²) >= 11 is 0. The number of fused-ring (bicyclic) bond motifs is 6. The molecule has 0 spiro atoms. The summed E-state index contributed by atoms with van der Waals surface area (Å²) in [5, 5.41) is 2.61. The molecule has 0 radical (unpaired) electrons. The second-order valence-electron chi connectivity index (χ2n) is 13.0. The fraction of sp³-hybridized carbons (Fsp3) is 0.133. The van der Waals surface area contributed by atoms with E-state index < -0.39 is 0 Å². The molecule has 1 aromatic heterocycles. The molecule has 0 saturated heterocycles. The molecule has 1 unspecified atom stereocenters. The van der Waals surface area contributed by atoms with E-state index in [0.29, 0.717) is 0 Å². The number of benzene rings is 6. The van der Waals surface area contributed by atoms with Crippen molar-refractivity contribution in [3.63, 3.8) is 0 Å². The number of rotatable bonds is 4. The molecule has 0 fully saturated rings. The maximum atomic E-state index is 5.45. The number of hydrogen-bond acceptors (Lipinski definition) is 1. The minimum atomic E-state index is 0.152. The lowest BCUT2D eigenvalue weighted by Crippen LogP contribution is -2.03. The third kappa shape index (κ3) is 5.02. The van der Waals surface area contributed by atoms with Crippen LogP contribution in [0.25, 0.3) is 44.2 Å². The predicted molar refractivity (Wildman–Crippen MR) is 198 cm³/mol. The molecule has 7 aromatic rings. The van der Waals surface area contributed by atoms with Crippen LogP contribution in [0.5, 0.6) is 0 Å². The van der Waals surface area contributed by atoms with Crippen LogP contribution >= 0.6 is 0 Å². The quantitative estimate of drug-likeness (QED) is 0.190. The van der Waals surface area contributed by atoms with E-state index in [1.165, 1.54) is 72.0 Å². The van der Waals surface area contributed by atoms with E-state index in [2.05, 4.69) is 156 Å². The third-order valence-electron chi connectivity index (χ3n) is 10.1. The Labute approximate surface area is 276 Å². The van der Waals surface area contributed by atoms with Gasteiger partial charge < -0.3 is 4.57 Å². The van der Waals surface area contributed by atoms with E-state index in [1.54, 1.807) is 0 Å². The van der Waals surface area contributed by atoms with Crippen molar-refractivity contribution in [3.8, 4) is 16.8 Å². The maximum Gasteiger partial charge on any atom is 0.0756 e. The average molecular weight is 605 g/mol. The van der Waals surface area contributed by atoms with Crippen molar-refractivity contribution in [1.82, 2.24) is 4.57 Å². The number of para-hydroxylation sites is 1. The first-order chi connectivity index (χ1) is 23.3. The highest BCUT2D eigenvalue weighted by molar-refractivity contribution is 6.13. The van der Waals surface area contributed by atoms with Crippen LogP contribution < -0.4 is 0 Å². The fourth-order valence-corrected chi connectivity index (χ4v) is 7.79. The van der Waals surface area contributed by atoms with Gasteiger partial charge in [-0.05, 0) is 107 Å². The highest BCUT2D eigenvalue weighted by atomic mass is 15.0. The van der Waals surface area contributed by atoms with Gasteiger partial charge in [-0.3, -0.25) is 4.99 Å². The van der Waals surface area contributed by atoms with Gasteiger partial charge in [-0.2, -0.15) is 0 Å². The average Bonchev–Trinajstić information content (AvgIpc) is 3.69. The van der Waals surface area contributed by atoms with Crippen molar-refractivity contribution in [2.24, 2.45) is 4.99 Å². The Morgan fingerprint density at radius 3 is 2.21 bits per heavy atom. The number of aromatic nitrogens is 1. The number of nitrogens with zero attached hydrogens (tertiary/aromatic N) is 2. The zero-order chi connectivity index (χ0) is 31.2. The molecule has 1 aliphatic carbocycles. The molecule has 226 valence electrons. The first-order valence-corrected chi connectivity index (χ1v) is 16.9. The summed E-state index contributed by atoms with van der Waals surface area (Å²) in [5.74, 6) is 0. The predicted octanol–water partition coefficient (Wildman–Crippen LogP) is 11.5. The monoisotopic (exact) mass is 604 g/mol. The normalized spacial score (nSPS) is 16.1. The molecule has 6 aromatic carbocycles. The molecule has 2 nitrogen and oxygen atoms in total. The molecular weight excluding hydrogens is 569 g/mol. The first-order valence-electron chi connectivity index (χ1n) is 16.9. The molecular formula is C45H36N2. The Balaban J connectivity index is 1.19. The lowest BCUT2D eigenvalue weighted by atomic mass is 9.96. The van der Waals surface area contributed by atoms with Crippen LogP contribution in [0.1, 0.15) is 59.5 Å². The van der Waals surface area contributed by atoms with Crippen LogP contribution in [-0.4, -0.2) is 10.3 Å². The van der Waals surface area contributed by atoms with E-state index in [1.807, 2.05) is 0 Å². The molecule has 0 bridgehead atoms. The van der Waals surface area contributed by atoms with Crippen LogP contribution in [0.4, 0.5) is 0 Å². The number of aliphatic imine (C=N–C) groups is 1. The van der Waals surface area contributed by atoms with Gasteiger partial charge in [0.15, 0.2) is 0 Å². The van der Waals surface area contributed by atoms with Gasteiger partial charge in [-0.1, -0.05) is 122 Å². The van der Waals surface area contributed by atoms with Crippen LogP contribution in [-0.2, 0) is 6.42 Å². The van der Waals surface area contributed by atoms with Crippen molar-refractivity contribution < 1.29 is 0 Å². The maximum absolute atomic E-state index is 5.45. The summed E-state index contributed by atoms with van der Waals surface area (Å²) in [6.45, 7) is 0. The molecule has 0 amide bonds. The zero-order valence-corrected chi connectivity index (χ0v) is 26.4. The molecule has 0 N–H and O–H groups in total. The van der Waals surface area contributed by atoms with Crippen molar-refractivity contribution in [2.45, 2.75) is 38.1 Å². The number of hydrogen-bond donors (Lipinski definition) is 0. The Kier molecular flexibility index (Phi) is 6.93. The van der Waals surface area contributed by atoms with Crippen molar-refractivity contribution in [1.29, 1.82) is 0 Å². The third-order valence-corrected chi connectivity index (χ3v) is 10.1. The number of allylic oxidation sites excluding steroid dienone is 2. The largest absolute Gasteiger partial charge is 0.309 e. The van der Waals surface area contributed by atoms with Crippen molar-refractivity contribution in [3.05, 3.63) is 179 Å². The van der Waals surface area contributed by atoms with Crippen LogP contribution in [0.2, 0.25) is 0 Å². The van der Waals surface area contributed by atoms with Gasteiger partial charge in [0.25, 0.3) is 0 Å². The van der Waals surface area contributed by atoms with Crippen LogP contribution in [0.15, 0.2) is 157 Å². The molecule has 1 aliphatic heterocycles. The molecule has 2 heterocycles. The Hall–Kier alpha value is -5.47. The van der Waals surface area contributed by atoms with Gasteiger partial charge in [0, 0.05) is 16.5 Å². The Morgan fingerprint density at radius 1 is 0.553 bits per heavy atom. The minimum absolute atomic E-state index is 0.152. The minimum Gasteiger partial charge on any atom is -0.309 e. The van der Waals surface area contributed by atoms with Gasteiger partial charge in [0.05, 0.1) is 22.8 Å². The SMILES string of the molecule is C1=C(c2cccc(-n3c4ccccc4c4cc5c(cc43)Cc3ccccc3-5)c2)CCCCC(c2ccccc2)N=C1c1ccccc1. The van der Waals surface area contributed by atoms with Crippen molar-refractivity contribution >= 4 is 33.1 Å². The first kappa shape index (κ1) is 27.8. The van der Waals surface area contributed by atoms with Gasteiger partial charge in [0.1, 0.15) is 0 Å². The Morgan fingerprint density at radius 2 is 1.32 bits per heavy atom. The summed E-state index contributed by atoms with van der Waals surface area (Å²) in [5.41, 5.74) is 15.4. The standard InChI is InChI=1S/C45H36N2/c1-3-14-31(15-4-1)42-24-11-8-18-34(28-43(46-42)32-16-5-2-6-17-32)33-20-13-21-37(27-33)47-44-25-12-10-23-39(44)41-30-40-36(29-45(41)47)26-35-19-7-9-22-38(35)40/h1-7,9-10,12-17,19-23,25,27-30,42H,8,11,18,24,26H2. The zero-order valence-electron chi connectivity index (χ0n) is 26.4. The fourth-order valence-electron chi connectivity index (χ4n) is 7.79. The molecule has 47 heavy (non-hydrogen) atoms. The summed E-state index contributed by atoms with van der Waals surface area (Å²) in [4.78, 5) is 5.45. The van der Waals surface area contributed by atoms with Gasteiger partial charge in [-0.15, -0.1) is 0 Å². The van der Waals surface area contributed by atoms with Crippen molar-refractivity contribution in [2.75, 3.05) is 0 Å². The highest BCUT2D eigenvalue weighted by Gasteiger charge is 2.22. The summed E-state index contributed by atoms with van der Waals surface area (Å²) in [7, 11) is 0. The molecule has 1 atom stereocenters. The van der Waals surface area contributed by atoms with E-state index >= 15 is 0 Å². The molecule has 2 heteroatoms. The highest BCUT2D eigenvalue weighted by Crippen LogP contribution is 2.42. The van der Waals surface area contributed by atoms with E-state index in [9.17, 15) is 0 Å². The Bertz CT molecular complexity index is 2320. The lowest BCUT2D eigenvalue weighted by molar-refractivity contribution is 0.597.